The van der Waals surface area contributed by atoms with Crippen molar-refractivity contribution in [1.82, 2.24) is 10.2 Å². The summed E-state index contributed by atoms with van der Waals surface area (Å²) in [6.07, 6.45) is -10.0. The van der Waals surface area contributed by atoms with Crippen LogP contribution in [0.5, 0.6) is 0 Å². The van der Waals surface area contributed by atoms with Gasteiger partial charge in [0.05, 0.1) is 16.8 Å². The highest BCUT2D eigenvalue weighted by Crippen LogP contribution is 2.36. The molecule has 0 radical (unpaired) electrons. The molecule has 12 heteroatoms. The van der Waals surface area contributed by atoms with E-state index in [1.165, 1.54) is 18.0 Å². The van der Waals surface area contributed by atoms with Gasteiger partial charge in [-0.05, 0) is 35.9 Å². The Labute approximate surface area is 183 Å². The highest BCUT2D eigenvalue weighted by atomic mass is 19.4. The fraction of sp³-hybridized carbons (Fsp3) is 0.381. The Bertz CT molecular complexity index is 989. The Hall–Kier alpha value is -2.89. The molecule has 3 rings (SSSR count). The number of alkyl halides is 6. The average molecular weight is 481 g/mol. The van der Waals surface area contributed by atoms with E-state index in [1.807, 2.05) is 0 Å². The highest BCUT2D eigenvalue weighted by Gasteiger charge is 2.37. The van der Waals surface area contributed by atoms with Crippen molar-refractivity contribution < 1.29 is 39.9 Å². The number of hydrogen-bond donors (Lipinski definition) is 1. The maximum absolute atomic E-state index is 14.3. The first kappa shape index (κ1) is 24.7. The number of amides is 1. The van der Waals surface area contributed by atoms with Crippen LogP contribution in [0.4, 0.5) is 40.8 Å². The average Bonchev–Trinajstić information content (AvgIpc) is 2.72. The van der Waals surface area contributed by atoms with Crippen LogP contribution in [0.1, 0.15) is 16.7 Å². The van der Waals surface area contributed by atoms with Crippen molar-refractivity contribution in [1.29, 1.82) is 0 Å². The molecule has 33 heavy (non-hydrogen) atoms. The molecule has 1 unspecified atom stereocenters. The number of nitrogens with zero attached hydrogens (tertiary/aromatic N) is 2. The second-order valence-corrected chi connectivity index (χ2v) is 7.62. The standard InChI is InChI=1S/C21H19F8N3O/c1-31(11-12-6-13(20(24,25)26)8-14(7-12)21(27,28)29)19(33)18-10-30-4-5-32(18)17-3-2-15(22)9-16(17)23/h2-3,6-9,18,30H,4-5,10-11H2,1H3. The van der Waals surface area contributed by atoms with Gasteiger partial charge in [-0.15, -0.1) is 0 Å². The molecule has 1 heterocycles. The summed E-state index contributed by atoms with van der Waals surface area (Å²) in [6, 6.07) is 2.95. The van der Waals surface area contributed by atoms with Crippen LogP contribution in [0.15, 0.2) is 36.4 Å². The van der Waals surface area contributed by atoms with E-state index >= 15 is 0 Å². The number of carbonyl (C=O) groups is 1. The Morgan fingerprint density at radius 2 is 1.64 bits per heavy atom. The molecular formula is C21H19F8N3O. The minimum atomic E-state index is -5.01. The Balaban J connectivity index is 1.87. The molecule has 1 fully saturated rings. The van der Waals surface area contributed by atoms with E-state index in [1.54, 1.807) is 0 Å². The lowest BCUT2D eigenvalue weighted by Gasteiger charge is -2.38. The van der Waals surface area contributed by atoms with Crippen molar-refractivity contribution in [2.45, 2.75) is 24.9 Å². The smallest absolute Gasteiger partial charge is 0.355 e. The second-order valence-electron chi connectivity index (χ2n) is 7.62. The Kier molecular flexibility index (Phi) is 6.87. The summed E-state index contributed by atoms with van der Waals surface area (Å²) in [5, 5.41) is 2.94. The molecule has 0 bridgehead atoms. The molecule has 0 aliphatic carbocycles. The predicted molar refractivity (Wildman–Crippen MR) is 103 cm³/mol. The third-order valence-corrected chi connectivity index (χ3v) is 5.19. The van der Waals surface area contributed by atoms with Crippen LogP contribution in [0.25, 0.3) is 0 Å². The molecule has 2 aromatic carbocycles. The van der Waals surface area contributed by atoms with E-state index in [-0.39, 0.29) is 30.4 Å². The summed E-state index contributed by atoms with van der Waals surface area (Å²) in [5.41, 5.74) is -3.37. The molecule has 1 aliphatic heterocycles. The minimum Gasteiger partial charge on any atom is -0.355 e. The van der Waals surface area contributed by atoms with Crippen LogP contribution in [0.2, 0.25) is 0 Å². The molecule has 1 N–H and O–H groups in total. The molecule has 0 spiro atoms. The first-order chi connectivity index (χ1) is 15.3. The predicted octanol–water partition coefficient (Wildman–Crippen LogP) is 4.44. The Morgan fingerprint density at radius 3 is 2.18 bits per heavy atom. The van der Waals surface area contributed by atoms with Crippen LogP contribution in [-0.4, -0.2) is 43.5 Å². The van der Waals surface area contributed by atoms with Gasteiger partial charge in [0.1, 0.15) is 17.7 Å². The van der Waals surface area contributed by atoms with Gasteiger partial charge in [0, 0.05) is 39.3 Å². The SMILES string of the molecule is CN(Cc1cc(C(F)(F)F)cc(C(F)(F)F)c1)C(=O)C1CNCCN1c1ccc(F)cc1F. The monoisotopic (exact) mass is 481 g/mol. The molecule has 1 amide bonds. The second kappa shape index (κ2) is 9.16. The number of rotatable bonds is 4. The first-order valence-electron chi connectivity index (χ1n) is 9.73. The normalized spacial score (nSPS) is 17.2. The van der Waals surface area contributed by atoms with Crippen LogP contribution in [0, 0.1) is 11.6 Å². The molecule has 4 nitrogen and oxygen atoms in total. The van der Waals surface area contributed by atoms with E-state index in [9.17, 15) is 39.9 Å². The quantitative estimate of drug-likeness (QED) is 0.657. The van der Waals surface area contributed by atoms with Crippen molar-refractivity contribution in [3.05, 3.63) is 64.7 Å². The number of anilines is 1. The van der Waals surface area contributed by atoms with E-state index in [2.05, 4.69) is 5.32 Å². The molecule has 0 aromatic heterocycles. The Morgan fingerprint density at radius 1 is 1.03 bits per heavy atom. The van der Waals surface area contributed by atoms with Crippen LogP contribution in [0.3, 0.4) is 0 Å². The van der Waals surface area contributed by atoms with Gasteiger partial charge >= 0.3 is 12.4 Å². The number of likely N-dealkylation sites (N-methyl/N-ethyl adjacent to an activating group) is 1. The molecule has 1 saturated heterocycles. The molecule has 1 atom stereocenters. The third-order valence-electron chi connectivity index (χ3n) is 5.19. The maximum atomic E-state index is 14.3. The van der Waals surface area contributed by atoms with Crippen LogP contribution >= 0.6 is 0 Å². The largest absolute Gasteiger partial charge is 0.416 e. The van der Waals surface area contributed by atoms with E-state index in [0.29, 0.717) is 24.7 Å². The maximum Gasteiger partial charge on any atom is 0.416 e. The number of benzene rings is 2. The molecule has 180 valence electrons. The van der Waals surface area contributed by atoms with Gasteiger partial charge in [-0.1, -0.05) is 0 Å². The number of hydrogen-bond acceptors (Lipinski definition) is 3. The summed E-state index contributed by atoms with van der Waals surface area (Å²) >= 11 is 0. The third kappa shape index (κ3) is 5.73. The van der Waals surface area contributed by atoms with Gasteiger partial charge in [-0.3, -0.25) is 4.79 Å². The van der Waals surface area contributed by atoms with Crippen molar-refractivity contribution in [2.75, 3.05) is 31.6 Å². The molecule has 2 aromatic rings. The zero-order chi connectivity index (χ0) is 24.6. The topological polar surface area (TPSA) is 35.6 Å². The summed E-state index contributed by atoms with van der Waals surface area (Å²) in [5.74, 6) is -2.36. The van der Waals surface area contributed by atoms with Gasteiger partial charge in [0.25, 0.3) is 0 Å². The van der Waals surface area contributed by atoms with Crippen LogP contribution < -0.4 is 10.2 Å². The van der Waals surface area contributed by atoms with Crippen molar-refractivity contribution >= 4 is 11.6 Å². The lowest BCUT2D eigenvalue weighted by molar-refractivity contribution is -0.143. The fourth-order valence-corrected chi connectivity index (χ4v) is 3.64. The minimum absolute atomic E-state index is 0.00935. The molecule has 0 saturated carbocycles. The van der Waals surface area contributed by atoms with Gasteiger partial charge in [0.15, 0.2) is 0 Å². The van der Waals surface area contributed by atoms with E-state index < -0.39 is 53.6 Å². The molecule has 1 aliphatic rings. The summed E-state index contributed by atoms with van der Waals surface area (Å²) in [6.45, 7) is 0.0694. The van der Waals surface area contributed by atoms with E-state index in [0.717, 1.165) is 11.0 Å². The number of piperazine rings is 1. The van der Waals surface area contributed by atoms with Gasteiger partial charge < -0.3 is 15.1 Å². The van der Waals surface area contributed by atoms with Gasteiger partial charge in [-0.2, -0.15) is 26.3 Å². The van der Waals surface area contributed by atoms with Gasteiger partial charge in [-0.25, -0.2) is 8.78 Å². The molecular weight excluding hydrogens is 462 g/mol. The lowest BCUT2D eigenvalue weighted by Crippen LogP contribution is -2.58. The number of halogens is 8. The highest BCUT2D eigenvalue weighted by molar-refractivity contribution is 5.86. The summed E-state index contributed by atoms with van der Waals surface area (Å²) in [7, 11) is 1.23. The zero-order valence-electron chi connectivity index (χ0n) is 17.2. The van der Waals surface area contributed by atoms with Crippen LogP contribution in [-0.2, 0) is 23.7 Å². The number of nitrogens with one attached hydrogen (secondary N) is 1. The van der Waals surface area contributed by atoms with Crippen molar-refractivity contribution in [2.24, 2.45) is 0 Å². The van der Waals surface area contributed by atoms with E-state index in [4.69, 9.17) is 0 Å². The van der Waals surface area contributed by atoms with Crippen molar-refractivity contribution in [3.8, 4) is 0 Å². The number of carbonyl (C=O) groups excluding carboxylic acids is 1. The fourth-order valence-electron chi connectivity index (χ4n) is 3.64. The van der Waals surface area contributed by atoms with Crippen molar-refractivity contribution in [3.63, 3.8) is 0 Å². The zero-order valence-corrected chi connectivity index (χ0v) is 17.2. The first-order valence-corrected chi connectivity index (χ1v) is 9.73. The van der Waals surface area contributed by atoms with Gasteiger partial charge in [0.2, 0.25) is 5.91 Å². The summed E-state index contributed by atoms with van der Waals surface area (Å²) < 4.78 is 106. The summed E-state index contributed by atoms with van der Waals surface area (Å²) in [4.78, 5) is 15.4. The lowest BCUT2D eigenvalue weighted by atomic mass is 10.0.